The summed E-state index contributed by atoms with van der Waals surface area (Å²) in [5.74, 6) is -1.15. The van der Waals surface area contributed by atoms with Crippen LogP contribution in [0.25, 0.3) is 11.3 Å². The van der Waals surface area contributed by atoms with Crippen LogP contribution in [-0.4, -0.2) is 9.97 Å². The Morgan fingerprint density at radius 2 is 1.83 bits per heavy atom. The lowest BCUT2D eigenvalue weighted by atomic mass is 10.1. The third-order valence-corrected chi connectivity index (χ3v) is 2.24. The second-order valence-corrected chi connectivity index (χ2v) is 3.47. The molecule has 0 fully saturated rings. The van der Waals surface area contributed by atoms with E-state index in [0.717, 1.165) is 18.3 Å². The van der Waals surface area contributed by atoms with Gasteiger partial charge >= 0.3 is 6.18 Å². The van der Waals surface area contributed by atoms with Gasteiger partial charge in [0.25, 0.3) is 0 Å². The van der Waals surface area contributed by atoms with E-state index in [2.05, 4.69) is 9.97 Å². The molecule has 2 heterocycles. The van der Waals surface area contributed by atoms with Crippen LogP contribution in [0.1, 0.15) is 5.56 Å². The smallest absolute Gasteiger partial charge is 0.384 e. The number of hydrogen-bond acceptors (Lipinski definition) is 3. The summed E-state index contributed by atoms with van der Waals surface area (Å²) in [7, 11) is 0. The second kappa shape index (κ2) is 4.25. The molecule has 18 heavy (non-hydrogen) atoms. The molecule has 0 bridgehead atoms. The molecule has 0 radical (unpaired) electrons. The number of rotatable bonds is 1. The van der Waals surface area contributed by atoms with Crippen molar-refractivity contribution >= 4 is 5.82 Å². The van der Waals surface area contributed by atoms with Gasteiger partial charge in [0, 0.05) is 6.20 Å². The third-order valence-electron chi connectivity index (χ3n) is 2.24. The van der Waals surface area contributed by atoms with Crippen LogP contribution >= 0.6 is 0 Å². The number of aromatic nitrogens is 2. The van der Waals surface area contributed by atoms with Gasteiger partial charge in [0.1, 0.15) is 5.82 Å². The van der Waals surface area contributed by atoms with Gasteiger partial charge in [-0.05, 0) is 24.3 Å². The molecule has 94 valence electrons. The van der Waals surface area contributed by atoms with Crippen LogP contribution < -0.4 is 5.73 Å². The molecule has 0 atom stereocenters. The molecule has 2 N–H and O–H groups in total. The fraction of sp³-hybridized carbons (Fsp3) is 0.0909. The molecule has 3 nitrogen and oxygen atoms in total. The summed E-state index contributed by atoms with van der Waals surface area (Å²) in [6.45, 7) is 0. The van der Waals surface area contributed by atoms with Crippen LogP contribution in [0, 0.1) is 5.95 Å². The Morgan fingerprint density at radius 1 is 1.11 bits per heavy atom. The van der Waals surface area contributed by atoms with E-state index in [1.54, 1.807) is 0 Å². The Bertz CT molecular complexity index is 581. The number of nitrogen functional groups attached to an aromatic ring is 1. The number of nitrogens with two attached hydrogens (primary N) is 1. The minimum atomic E-state index is -4.64. The maximum Gasteiger partial charge on any atom is 0.418 e. The number of pyridine rings is 2. The van der Waals surface area contributed by atoms with Gasteiger partial charge in [-0.3, -0.25) is 0 Å². The van der Waals surface area contributed by atoms with Gasteiger partial charge in [0.15, 0.2) is 0 Å². The fourth-order valence-corrected chi connectivity index (χ4v) is 1.47. The summed E-state index contributed by atoms with van der Waals surface area (Å²) in [4.78, 5) is 6.84. The van der Waals surface area contributed by atoms with Gasteiger partial charge in [0.05, 0.1) is 16.8 Å². The number of nitrogens with zero attached hydrogens (tertiary/aromatic N) is 2. The zero-order valence-electron chi connectivity index (χ0n) is 8.87. The average Bonchev–Trinajstić information content (AvgIpc) is 2.27. The Hall–Kier alpha value is -2.18. The number of alkyl halides is 3. The predicted octanol–water partition coefficient (Wildman–Crippen LogP) is 2.88. The monoisotopic (exact) mass is 257 g/mol. The Labute approximate surface area is 99.3 Å². The second-order valence-electron chi connectivity index (χ2n) is 3.47. The zero-order valence-corrected chi connectivity index (χ0v) is 8.87. The normalized spacial score (nSPS) is 11.6. The summed E-state index contributed by atoms with van der Waals surface area (Å²) < 4.78 is 51.7. The van der Waals surface area contributed by atoms with Crippen molar-refractivity contribution in [2.24, 2.45) is 0 Å². The van der Waals surface area contributed by atoms with Crippen LogP contribution in [0.15, 0.2) is 30.5 Å². The van der Waals surface area contributed by atoms with Gasteiger partial charge in [-0.15, -0.1) is 0 Å². The summed E-state index contributed by atoms with van der Waals surface area (Å²) in [6.07, 6.45) is -3.50. The lowest BCUT2D eigenvalue weighted by Crippen LogP contribution is -2.10. The van der Waals surface area contributed by atoms with E-state index in [0.29, 0.717) is 0 Å². The molecule has 0 aliphatic carbocycles. The quantitative estimate of drug-likeness (QED) is 0.631. The summed E-state index contributed by atoms with van der Waals surface area (Å²) >= 11 is 0. The van der Waals surface area contributed by atoms with Crippen LogP contribution in [-0.2, 0) is 6.18 Å². The highest BCUT2D eigenvalue weighted by Gasteiger charge is 2.35. The minimum absolute atomic E-state index is 0.124. The summed E-state index contributed by atoms with van der Waals surface area (Å²) in [6, 6.07) is 4.27. The van der Waals surface area contributed by atoms with Crippen LogP contribution in [0.4, 0.5) is 23.4 Å². The first kappa shape index (κ1) is 12.3. The average molecular weight is 257 g/mol. The first-order valence-electron chi connectivity index (χ1n) is 4.84. The van der Waals surface area contributed by atoms with Crippen LogP contribution in [0.5, 0.6) is 0 Å². The minimum Gasteiger partial charge on any atom is -0.384 e. The first-order chi connectivity index (χ1) is 8.39. The van der Waals surface area contributed by atoms with Crippen molar-refractivity contribution in [3.8, 4) is 11.3 Å². The molecule has 0 unspecified atom stereocenters. The number of hydrogen-bond donors (Lipinski definition) is 1. The highest BCUT2D eigenvalue weighted by atomic mass is 19.4. The van der Waals surface area contributed by atoms with Gasteiger partial charge in [0.2, 0.25) is 5.95 Å². The van der Waals surface area contributed by atoms with Gasteiger partial charge in [-0.2, -0.15) is 17.6 Å². The van der Waals surface area contributed by atoms with Gasteiger partial charge in [-0.1, -0.05) is 0 Å². The van der Waals surface area contributed by atoms with Crippen molar-refractivity contribution in [3.05, 3.63) is 42.0 Å². The van der Waals surface area contributed by atoms with Gasteiger partial charge in [-0.25, -0.2) is 9.97 Å². The van der Waals surface area contributed by atoms with Crippen LogP contribution in [0.2, 0.25) is 0 Å². The number of halogens is 4. The molecular formula is C11H7F4N3. The van der Waals surface area contributed by atoms with E-state index in [-0.39, 0.29) is 11.4 Å². The number of anilines is 1. The molecule has 2 rings (SSSR count). The van der Waals surface area contributed by atoms with Crippen molar-refractivity contribution in [2.75, 3.05) is 5.73 Å². The molecule has 2 aromatic heterocycles. The maximum atomic E-state index is 13.4. The highest BCUT2D eigenvalue weighted by molar-refractivity contribution is 5.65. The Balaban J connectivity index is 2.70. The zero-order chi connectivity index (χ0) is 13.3. The highest BCUT2D eigenvalue weighted by Crippen LogP contribution is 2.36. The van der Waals surface area contributed by atoms with Crippen molar-refractivity contribution in [2.45, 2.75) is 6.18 Å². The van der Waals surface area contributed by atoms with Gasteiger partial charge < -0.3 is 5.73 Å². The molecular weight excluding hydrogens is 250 g/mol. The first-order valence-corrected chi connectivity index (χ1v) is 4.84. The third kappa shape index (κ3) is 2.24. The lowest BCUT2D eigenvalue weighted by Gasteiger charge is -2.12. The topological polar surface area (TPSA) is 51.8 Å². The van der Waals surface area contributed by atoms with E-state index in [1.165, 1.54) is 12.1 Å². The van der Waals surface area contributed by atoms with E-state index in [9.17, 15) is 17.6 Å². The predicted molar refractivity (Wildman–Crippen MR) is 56.8 cm³/mol. The van der Waals surface area contributed by atoms with E-state index in [1.807, 2.05) is 0 Å². The fourth-order valence-electron chi connectivity index (χ4n) is 1.47. The Kier molecular flexibility index (Phi) is 2.90. The van der Waals surface area contributed by atoms with Crippen molar-refractivity contribution in [1.82, 2.24) is 9.97 Å². The molecule has 0 saturated carbocycles. The SMILES string of the molecule is Nc1ccc(C(F)(F)F)c(-c2cccnc2F)n1. The van der Waals surface area contributed by atoms with Crippen molar-refractivity contribution in [3.63, 3.8) is 0 Å². The lowest BCUT2D eigenvalue weighted by molar-refractivity contribution is -0.137. The molecule has 0 amide bonds. The molecule has 0 spiro atoms. The summed E-state index contributed by atoms with van der Waals surface area (Å²) in [5.41, 5.74) is 3.39. The maximum absolute atomic E-state index is 13.4. The van der Waals surface area contributed by atoms with E-state index >= 15 is 0 Å². The van der Waals surface area contributed by atoms with Crippen LogP contribution in [0.3, 0.4) is 0 Å². The molecule has 2 aromatic rings. The summed E-state index contributed by atoms with van der Waals surface area (Å²) in [5, 5.41) is 0. The Morgan fingerprint density at radius 3 is 2.44 bits per heavy atom. The standard InChI is InChI=1S/C11H7F4N3/c12-10-6(2-1-5-17-10)9-7(11(13,14)15)3-4-8(16)18-9/h1-5H,(H2,16,18). The molecule has 0 aromatic carbocycles. The molecule has 0 aliphatic heterocycles. The molecule has 0 aliphatic rings. The molecule has 0 saturated heterocycles. The van der Waals surface area contributed by atoms with E-state index in [4.69, 9.17) is 5.73 Å². The van der Waals surface area contributed by atoms with Crippen molar-refractivity contribution in [1.29, 1.82) is 0 Å². The van der Waals surface area contributed by atoms with E-state index < -0.39 is 23.4 Å². The van der Waals surface area contributed by atoms with Crippen molar-refractivity contribution < 1.29 is 17.6 Å². The largest absolute Gasteiger partial charge is 0.418 e. The molecule has 7 heteroatoms.